The van der Waals surface area contributed by atoms with E-state index in [2.05, 4.69) is 15.2 Å². The number of rotatable bonds is 2. The molecule has 0 atom stereocenters. The number of benzene rings is 1. The first-order valence-electron chi connectivity index (χ1n) is 8.27. The molecule has 0 unspecified atom stereocenters. The molecule has 4 rings (SSSR count). The summed E-state index contributed by atoms with van der Waals surface area (Å²) >= 11 is 0. The lowest BCUT2D eigenvalue weighted by atomic mass is 9.85. The number of hydrogen-bond acceptors (Lipinski definition) is 4. The van der Waals surface area contributed by atoms with E-state index >= 15 is 0 Å². The molecule has 5 nitrogen and oxygen atoms in total. The molecule has 0 radical (unpaired) electrons. The largest absolute Gasteiger partial charge is 0.431 e. The summed E-state index contributed by atoms with van der Waals surface area (Å²) in [5, 5.41) is 16.3. The molecule has 1 aliphatic rings. The third kappa shape index (κ3) is 2.44. The number of pyridine rings is 1. The number of H-pyrrole nitrogens is 1. The number of nitrogens with zero attached hydrogens (tertiary/aromatic N) is 2. The van der Waals surface area contributed by atoms with Crippen LogP contribution in [0.25, 0.3) is 27.4 Å². The van der Waals surface area contributed by atoms with Crippen LogP contribution in [0, 0.1) is 5.41 Å². The average Bonchev–Trinajstić information content (AvgIpc) is 3.10. The van der Waals surface area contributed by atoms with Gasteiger partial charge in [-0.2, -0.15) is 18.3 Å². The number of alkyl halides is 3. The average molecular weight is 359 g/mol. The number of allylic oxidation sites excluding steroid dienone is 2. The van der Waals surface area contributed by atoms with Crippen molar-refractivity contribution < 1.29 is 13.2 Å². The zero-order chi connectivity index (χ0) is 18.5. The summed E-state index contributed by atoms with van der Waals surface area (Å²) in [6.07, 6.45) is 0.851. The Balaban J connectivity index is 2.11. The standard InChI is InChI=1S/C18H16F3N5/c19-18(20,21)17(23)11(7-22)16-10-4-2-1-3-9(10)15-12-8-24-26-13(12)5-6-14(15)25-16/h5-8,22H,1-4,23H2,(H,24,26). The Bertz CT molecular complexity index is 1060. The fraction of sp³-hybridized carbons (Fsp3) is 0.278. The Morgan fingerprint density at radius 1 is 1.19 bits per heavy atom. The van der Waals surface area contributed by atoms with Gasteiger partial charge >= 0.3 is 6.18 Å². The van der Waals surface area contributed by atoms with E-state index in [9.17, 15) is 13.2 Å². The van der Waals surface area contributed by atoms with Gasteiger partial charge in [-0.15, -0.1) is 0 Å². The lowest BCUT2D eigenvalue weighted by Gasteiger charge is -2.22. The summed E-state index contributed by atoms with van der Waals surface area (Å²) in [7, 11) is 0. The highest BCUT2D eigenvalue weighted by Crippen LogP contribution is 2.37. The van der Waals surface area contributed by atoms with Gasteiger partial charge in [0.15, 0.2) is 0 Å². The fourth-order valence-corrected chi connectivity index (χ4v) is 3.70. The van der Waals surface area contributed by atoms with Gasteiger partial charge in [0, 0.05) is 22.6 Å². The van der Waals surface area contributed by atoms with Gasteiger partial charge in [0.25, 0.3) is 0 Å². The van der Waals surface area contributed by atoms with E-state index in [4.69, 9.17) is 11.1 Å². The quantitative estimate of drug-likeness (QED) is 0.607. The first kappa shape index (κ1) is 16.6. The summed E-state index contributed by atoms with van der Waals surface area (Å²) in [6.45, 7) is 0. The summed E-state index contributed by atoms with van der Waals surface area (Å²) in [6, 6.07) is 3.57. The monoisotopic (exact) mass is 359 g/mol. The number of fused-ring (bicyclic) bond motifs is 5. The Morgan fingerprint density at radius 2 is 1.92 bits per heavy atom. The van der Waals surface area contributed by atoms with Crippen LogP contribution in [0.15, 0.2) is 24.0 Å². The van der Waals surface area contributed by atoms with Crippen LogP contribution < -0.4 is 5.73 Å². The summed E-state index contributed by atoms with van der Waals surface area (Å²) < 4.78 is 39.5. The fourth-order valence-electron chi connectivity index (χ4n) is 3.70. The van der Waals surface area contributed by atoms with Crippen molar-refractivity contribution in [3.05, 3.63) is 40.8 Å². The molecule has 2 heterocycles. The molecule has 4 N–H and O–H groups in total. The van der Waals surface area contributed by atoms with E-state index in [1.165, 1.54) is 0 Å². The molecule has 0 fully saturated rings. The number of aryl methyl sites for hydroxylation is 1. The third-order valence-corrected chi connectivity index (χ3v) is 4.88. The van der Waals surface area contributed by atoms with Crippen molar-refractivity contribution in [3.63, 3.8) is 0 Å². The van der Waals surface area contributed by atoms with Crippen LogP contribution in [0.5, 0.6) is 0 Å². The van der Waals surface area contributed by atoms with Gasteiger partial charge in [0.1, 0.15) is 5.70 Å². The molecule has 0 saturated carbocycles. The van der Waals surface area contributed by atoms with Crippen LogP contribution in [0.1, 0.15) is 29.7 Å². The molecule has 3 aromatic rings. The normalized spacial score (nSPS) is 15.8. The molecule has 1 aromatic carbocycles. The van der Waals surface area contributed by atoms with Gasteiger partial charge < -0.3 is 11.1 Å². The van der Waals surface area contributed by atoms with Gasteiger partial charge in [-0.3, -0.25) is 5.10 Å². The van der Waals surface area contributed by atoms with Crippen molar-refractivity contribution in [2.45, 2.75) is 31.9 Å². The van der Waals surface area contributed by atoms with Crippen LogP contribution in [0.2, 0.25) is 0 Å². The van der Waals surface area contributed by atoms with Crippen LogP contribution in [0.3, 0.4) is 0 Å². The van der Waals surface area contributed by atoms with Gasteiger partial charge in [0.2, 0.25) is 0 Å². The Hall–Kier alpha value is -2.90. The molecule has 0 bridgehead atoms. The predicted molar refractivity (Wildman–Crippen MR) is 94.0 cm³/mol. The van der Waals surface area contributed by atoms with Crippen molar-refractivity contribution in [1.29, 1.82) is 5.41 Å². The maximum atomic E-state index is 13.2. The van der Waals surface area contributed by atoms with Gasteiger partial charge in [-0.25, -0.2) is 4.98 Å². The highest BCUT2D eigenvalue weighted by Gasteiger charge is 2.35. The molecule has 0 amide bonds. The molecule has 2 aromatic heterocycles. The Morgan fingerprint density at radius 3 is 2.62 bits per heavy atom. The Kier molecular flexibility index (Phi) is 3.71. The topological polar surface area (TPSA) is 91.4 Å². The van der Waals surface area contributed by atoms with Gasteiger partial charge in [-0.05, 0) is 48.9 Å². The zero-order valence-electron chi connectivity index (χ0n) is 13.7. The Labute approximate surface area is 146 Å². The number of aromatic amines is 1. The highest BCUT2D eigenvalue weighted by molar-refractivity contribution is 6.12. The van der Waals surface area contributed by atoms with E-state index in [1.807, 2.05) is 0 Å². The maximum Gasteiger partial charge on any atom is 0.431 e. The van der Waals surface area contributed by atoms with Crippen LogP contribution in [-0.2, 0) is 12.8 Å². The molecule has 8 heteroatoms. The van der Waals surface area contributed by atoms with Crippen LogP contribution in [-0.4, -0.2) is 27.6 Å². The predicted octanol–water partition coefficient (Wildman–Crippen LogP) is 3.87. The third-order valence-electron chi connectivity index (χ3n) is 4.88. The van der Waals surface area contributed by atoms with Crippen molar-refractivity contribution in [2.24, 2.45) is 5.73 Å². The number of halogens is 3. The molecular formula is C18H16F3N5. The second-order valence-electron chi connectivity index (χ2n) is 6.38. The van der Waals surface area contributed by atoms with Gasteiger partial charge in [0.05, 0.1) is 22.9 Å². The molecule has 134 valence electrons. The van der Waals surface area contributed by atoms with Crippen molar-refractivity contribution in [1.82, 2.24) is 15.2 Å². The SMILES string of the molecule is N=CC(=C(N)C(F)(F)F)c1nc2ccc3[nH]ncc3c2c2c1CCCC2. The van der Waals surface area contributed by atoms with Crippen molar-refractivity contribution >= 4 is 33.6 Å². The molecule has 1 aliphatic carbocycles. The second-order valence-corrected chi connectivity index (χ2v) is 6.38. The molecule has 0 saturated heterocycles. The first-order valence-corrected chi connectivity index (χ1v) is 8.27. The number of nitrogens with two attached hydrogens (primary N) is 1. The second kappa shape index (κ2) is 5.82. The first-order chi connectivity index (χ1) is 12.4. The zero-order valence-corrected chi connectivity index (χ0v) is 13.7. The van der Waals surface area contributed by atoms with Crippen molar-refractivity contribution in [3.8, 4) is 0 Å². The lowest BCUT2D eigenvalue weighted by Crippen LogP contribution is -2.23. The van der Waals surface area contributed by atoms with Crippen molar-refractivity contribution in [2.75, 3.05) is 0 Å². The summed E-state index contributed by atoms with van der Waals surface area (Å²) in [5.74, 6) is 0. The number of aromatic nitrogens is 3. The van der Waals surface area contributed by atoms with Crippen LogP contribution in [0.4, 0.5) is 13.2 Å². The van der Waals surface area contributed by atoms with Gasteiger partial charge in [-0.1, -0.05) is 0 Å². The summed E-state index contributed by atoms with van der Waals surface area (Å²) in [5.41, 5.74) is 7.03. The van der Waals surface area contributed by atoms with E-state index in [0.29, 0.717) is 18.2 Å². The highest BCUT2D eigenvalue weighted by atomic mass is 19.4. The maximum absolute atomic E-state index is 13.2. The minimum atomic E-state index is -4.71. The smallest absolute Gasteiger partial charge is 0.394 e. The minimum absolute atomic E-state index is 0.167. The summed E-state index contributed by atoms with van der Waals surface area (Å²) in [4.78, 5) is 4.49. The molecule has 26 heavy (non-hydrogen) atoms. The number of hydrogen-bond donors (Lipinski definition) is 3. The van der Waals surface area contributed by atoms with E-state index < -0.39 is 11.9 Å². The van der Waals surface area contributed by atoms with Crippen LogP contribution >= 0.6 is 0 Å². The number of nitrogens with one attached hydrogen (secondary N) is 2. The molecule has 0 spiro atoms. The van der Waals surface area contributed by atoms with E-state index in [1.54, 1.807) is 18.3 Å². The minimum Gasteiger partial charge on any atom is -0.394 e. The molecule has 0 aliphatic heterocycles. The lowest BCUT2D eigenvalue weighted by molar-refractivity contribution is -0.0919. The van der Waals surface area contributed by atoms with E-state index in [-0.39, 0.29) is 11.3 Å². The van der Waals surface area contributed by atoms with E-state index in [0.717, 1.165) is 46.7 Å². The molecular weight excluding hydrogens is 343 g/mol.